The molecule has 0 amide bonds. The summed E-state index contributed by atoms with van der Waals surface area (Å²) in [5.74, 6) is -0.627. The van der Waals surface area contributed by atoms with Crippen molar-refractivity contribution in [2.75, 3.05) is 5.75 Å². The van der Waals surface area contributed by atoms with Crippen LogP contribution < -0.4 is 5.46 Å². The predicted octanol–water partition coefficient (Wildman–Crippen LogP) is 2.31. The van der Waals surface area contributed by atoms with Crippen LogP contribution in [0.2, 0.25) is 0 Å². The molecule has 122 valence electrons. The molecule has 1 aromatic carbocycles. The summed E-state index contributed by atoms with van der Waals surface area (Å²) < 4.78 is 49.9. The zero-order valence-corrected chi connectivity index (χ0v) is 14.5. The summed E-state index contributed by atoms with van der Waals surface area (Å²) in [4.78, 5) is -0.00730. The standard InChI is InChI=1S/C15H22BFO4S/c1-6-9-22(18,19)11-7-8-12(13(17)10-11)16-20-14(2,3)15(4,5)21-16/h7-8,10H,6,9H2,1-5H3. The summed E-state index contributed by atoms with van der Waals surface area (Å²) in [6.45, 7) is 9.29. The summed E-state index contributed by atoms with van der Waals surface area (Å²) in [7, 11) is -4.28. The Balaban J connectivity index is 2.33. The number of hydrogen-bond acceptors (Lipinski definition) is 4. The van der Waals surface area contributed by atoms with Crippen molar-refractivity contribution in [1.29, 1.82) is 0 Å². The Kier molecular flexibility index (Phi) is 4.45. The molecule has 0 saturated carbocycles. The fourth-order valence-corrected chi connectivity index (χ4v) is 3.58. The lowest BCUT2D eigenvalue weighted by Crippen LogP contribution is -2.41. The van der Waals surface area contributed by atoms with Crippen LogP contribution in [0.15, 0.2) is 23.1 Å². The van der Waals surface area contributed by atoms with E-state index in [0.29, 0.717) is 6.42 Å². The van der Waals surface area contributed by atoms with Gasteiger partial charge in [0, 0.05) is 5.46 Å². The maximum absolute atomic E-state index is 14.4. The topological polar surface area (TPSA) is 52.6 Å². The molecule has 2 rings (SSSR count). The van der Waals surface area contributed by atoms with Gasteiger partial charge in [-0.3, -0.25) is 0 Å². The quantitative estimate of drug-likeness (QED) is 0.796. The zero-order chi connectivity index (χ0) is 16.8. The van der Waals surface area contributed by atoms with Gasteiger partial charge in [0.1, 0.15) is 5.82 Å². The van der Waals surface area contributed by atoms with Crippen molar-refractivity contribution < 1.29 is 22.1 Å². The molecule has 0 aromatic heterocycles. The first-order valence-corrected chi connectivity index (χ1v) is 9.03. The summed E-state index contributed by atoms with van der Waals surface area (Å²) in [5.41, 5.74) is -0.928. The molecule has 1 heterocycles. The van der Waals surface area contributed by atoms with Gasteiger partial charge in [-0.1, -0.05) is 13.0 Å². The molecule has 1 saturated heterocycles. The van der Waals surface area contributed by atoms with E-state index in [4.69, 9.17) is 9.31 Å². The smallest absolute Gasteiger partial charge is 0.399 e. The molecule has 0 atom stereocenters. The minimum absolute atomic E-state index is 0.00226. The van der Waals surface area contributed by atoms with Crippen molar-refractivity contribution in [2.24, 2.45) is 0 Å². The molecule has 1 fully saturated rings. The Labute approximate surface area is 132 Å². The molecule has 0 aliphatic carbocycles. The third-order valence-corrected chi connectivity index (χ3v) is 6.23. The van der Waals surface area contributed by atoms with Gasteiger partial charge in [0.05, 0.1) is 21.9 Å². The minimum atomic E-state index is -3.44. The number of rotatable bonds is 4. The Morgan fingerprint density at radius 3 is 2.14 bits per heavy atom. The first kappa shape index (κ1) is 17.4. The van der Waals surface area contributed by atoms with Gasteiger partial charge in [0.25, 0.3) is 0 Å². The number of benzene rings is 1. The third-order valence-electron chi connectivity index (χ3n) is 4.31. The lowest BCUT2D eigenvalue weighted by molar-refractivity contribution is 0.00578. The summed E-state index contributed by atoms with van der Waals surface area (Å²) in [6, 6.07) is 3.89. The molecule has 7 heteroatoms. The highest BCUT2D eigenvalue weighted by molar-refractivity contribution is 7.91. The van der Waals surface area contributed by atoms with Crippen molar-refractivity contribution in [3.63, 3.8) is 0 Å². The predicted molar refractivity (Wildman–Crippen MR) is 84.5 cm³/mol. The summed E-state index contributed by atoms with van der Waals surface area (Å²) in [5, 5.41) is 0. The van der Waals surface area contributed by atoms with Crippen LogP contribution in [0.5, 0.6) is 0 Å². The van der Waals surface area contributed by atoms with Gasteiger partial charge in [0.2, 0.25) is 0 Å². The van der Waals surface area contributed by atoms with Crippen LogP contribution in [0.1, 0.15) is 41.0 Å². The van der Waals surface area contributed by atoms with Crippen molar-refractivity contribution in [3.8, 4) is 0 Å². The number of halogens is 1. The van der Waals surface area contributed by atoms with E-state index in [1.54, 1.807) is 6.92 Å². The van der Waals surface area contributed by atoms with Crippen LogP contribution >= 0.6 is 0 Å². The van der Waals surface area contributed by atoms with Gasteiger partial charge in [-0.25, -0.2) is 12.8 Å². The minimum Gasteiger partial charge on any atom is -0.399 e. The van der Waals surface area contributed by atoms with Crippen LogP contribution in [0.25, 0.3) is 0 Å². The third kappa shape index (κ3) is 3.07. The highest BCUT2D eigenvalue weighted by atomic mass is 32.2. The summed E-state index contributed by atoms with van der Waals surface area (Å²) in [6.07, 6.45) is 0.489. The molecule has 0 spiro atoms. The second kappa shape index (κ2) is 5.62. The molecule has 1 aliphatic heterocycles. The molecule has 1 aromatic rings. The van der Waals surface area contributed by atoms with Gasteiger partial charge in [-0.15, -0.1) is 0 Å². The monoisotopic (exact) mass is 328 g/mol. The molecule has 4 nitrogen and oxygen atoms in total. The normalized spacial score (nSPS) is 20.4. The van der Waals surface area contributed by atoms with Gasteiger partial charge >= 0.3 is 7.12 Å². The van der Waals surface area contributed by atoms with Gasteiger partial charge < -0.3 is 9.31 Å². The van der Waals surface area contributed by atoms with Gasteiger partial charge in [-0.2, -0.15) is 0 Å². The molecular formula is C15H22BFO4S. The molecule has 1 aliphatic rings. The van der Waals surface area contributed by atoms with E-state index in [9.17, 15) is 12.8 Å². The van der Waals surface area contributed by atoms with Crippen LogP contribution in [0.4, 0.5) is 4.39 Å². The van der Waals surface area contributed by atoms with E-state index in [1.807, 2.05) is 27.7 Å². The van der Waals surface area contributed by atoms with Crippen LogP contribution in [-0.4, -0.2) is 32.5 Å². The van der Waals surface area contributed by atoms with Crippen molar-refractivity contribution >= 4 is 22.4 Å². The van der Waals surface area contributed by atoms with E-state index in [2.05, 4.69) is 0 Å². The van der Waals surface area contributed by atoms with Crippen LogP contribution in [0, 0.1) is 5.82 Å². The largest absolute Gasteiger partial charge is 0.497 e. The highest BCUT2D eigenvalue weighted by Crippen LogP contribution is 2.36. The van der Waals surface area contributed by atoms with E-state index < -0.39 is 34.0 Å². The first-order valence-electron chi connectivity index (χ1n) is 7.38. The number of hydrogen-bond donors (Lipinski definition) is 0. The van der Waals surface area contributed by atoms with Crippen molar-refractivity contribution in [2.45, 2.75) is 57.1 Å². The second-order valence-electron chi connectivity index (χ2n) is 6.59. The Morgan fingerprint density at radius 2 is 1.68 bits per heavy atom. The first-order chi connectivity index (χ1) is 10.00. The number of sulfone groups is 1. The van der Waals surface area contributed by atoms with E-state index in [1.165, 1.54) is 12.1 Å². The lowest BCUT2D eigenvalue weighted by atomic mass is 9.79. The fraction of sp³-hybridized carbons (Fsp3) is 0.600. The van der Waals surface area contributed by atoms with E-state index in [0.717, 1.165) is 6.07 Å². The van der Waals surface area contributed by atoms with Gasteiger partial charge in [-0.05, 0) is 46.2 Å². The maximum atomic E-state index is 14.4. The second-order valence-corrected chi connectivity index (χ2v) is 8.70. The fourth-order valence-electron chi connectivity index (χ4n) is 2.25. The molecule has 0 N–H and O–H groups in total. The van der Waals surface area contributed by atoms with E-state index in [-0.39, 0.29) is 16.1 Å². The molecule has 0 bridgehead atoms. The average molecular weight is 328 g/mol. The SMILES string of the molecule is CCCS(=O)(=O)c1ccc(B2OC(C)(C)C(C)(C)O2)c(F)c1. The zero-order valence-electron chi connectivity index (χ0n) is 13.6. The Hall–Kier alpha value is -0.915. The lowest BCUT2D eigenvalue weighted by Gasteiger charge is -2.32. The molecule has 0 unspecified atom stereocenters. The van der Waals surface area contributed by atoms with Gasteiger partial charge in [0.15, 0.2) is 9.84 Å². The van der Waals surface area contributed by atoms with Crippen molar-refractivity contribution in [3.05, 3.63) is 24.0 Å². The Bertz CT molecular complexity index is 654. The molecular weight excluding hydrogens is 306 g/mol. The molecule has 0 radical (unpaired) electrons. The van der Waals surface area contributed by atoms with E-state index >= 15 is 0 Å². The Morgan fingerprint density at radius 1 is 1.14 bits per heavy atom. The van der Waals surface area contributed by atoms with Crippen LogP contribution in [0.3, 0.4) is 0 Å². The highest BCUT2D eigenvalue weighted by Gasteiger charge is 2.52. The molecule has 22 heavy (non-hydrogen) atoms. The van der Waals surface area contributed by atoms with Crippen LogP contribution in [-0.2, 0) is 19.1 Å². The summed E-state index contributed by atoms with van der Waals surface area (Å²) >= 11 is 0. The maximum Gasteiger partial charge on any atom is 0.497 e. The van der Waals surface area contributed by atoms with Crippen molar-refractivity contribution in [1.82, 2.24) is 0 Å². The average Bonchev–Trinajstić information content (AvgIpc) is 2.57.